The number of anilines is 1. The van der Waals surface area contributed by atoms with Gasteiger partial charge in [-0.2, -0.15) is 0 Å². The van der Waals surface area contributed by atoms with Crippen LogP contribution < -0.4 is 10.2 Å². The van der Waals surface area contributed by atoms with E-state index in [2.05, 4.69) is 5.32 Å². The molecule has 1 atom stereocenters. The minimum atomic E-state index is -0.963. The second kappa shape index (κ2) is 6.47. The summed E-state index contributed by atoms with van der Waals surface area (Å²) in [4.78, 5) is 24.5. The smallest absolute Gasteiger partial charge is 0.321 e. The molecule has 0 spiro atoms. The van der Waals surface area contributed by atoms with Crippen LogP contribution in [0.3, 0.4) is 0 Å². The number of carboxylic acid groups (broad SMARTS) is 1. The van der Waals surface area contributed by atoms with Gasteiger partial charge >= 0.3 is 12.0 Å². The number of nitrogens with zero attached hydrogens (tertiary/aromatic N) is 1. The van der Waals surface area contributed by atoms with Crippen molar-refractivity contribution in [2.75, 3.05) is 11.9 Å². The number of phenols is 1. The van der Waals surface area contributed by atoms with E-state index >= 15 is 0 Å². The van der Waals surface area contributed by atoms with E-state index in [4.69, 9.17) is 5.11 Å². The number of carbonyl (C=O) groups excluding carboxylic acids is 1. The Morgan fingerprint density at radius 3 is 2.43 bits per heavy atom. The Morgan fingerprint density at radius 1 is 1.33 bits per heavy atom. The largest absolute Gasteiger partial charge is 0.508 e. The lowest BCUT2D eigenvalue weighted by atomic mass is 9.85. The SMILES string of the molecule is CN(C(=O)NC(CC(=O)O)C(C)(C)C)c1cccc(O)c1. The molecule has 0 aromatic heterocycles. The van der Waals surface area contributed by atoms with Gasteiger partial charge in [0.1, 0.15) is 5.75 Å². The lowest BCUT2D eigenvalue weighted by Crippen LogP contribution is -2.49. The van der Waals surface area contributed by atoms with Gasteiger partial charge in [-0.3, -0.25) is 9.69 Å². The molecule has 1 aromatic carbocycles. The summed E-state index contributed by atoms with van der Waals surface area (Å²) in [6, 6.07) is 5.37. The maximum absolute atomic E-state index is 12.2. The summed E-state index contributed by atoms with van der Waals surface area (Å²) in [5.41, 5.74) is 0.142. The third-order valence-corrected chi connectivity index (χ3v) is 3.24. The van der Waals surface area contributed by atoms with Gasteiger partial charge < -0.3 is 15.5 Å². The molecule has 0 saturated carbocycles. The number of carbonyl (C=O) groups is 2. The van der Waals surface area contributed by atoms with Gasteiger partial charge in [-0.1, -0.05) is 26.8 Å². The fraction of sp³-hybridized carbons (Fsp3) is 0.467. The molecule has 6 nitrogen and oxygen atoms in total. The highest BCUT2D eigenvalue weighted by Crippen LogP contribution is 2.23. The number of benzene rings is 1. The van der Waals surface area contributed by atoms with Gasteiger partial charge in [0.25, 0.3) is 0 Å². The van der Waals surface area contributed by atoms with E-state index in [0.29, 0.717) is 5.69 Å². The van der Waals surface area contributed by atoms with Crippen LogP contribution in [0.25, 0.3) is 0 Å². The van der Waals surface area contributed by atoms with Gasteiger partial charge in [0, 0.05) is 24.8 Å². The van der Waals surface area contributed by atoms with Gasteiger partial charge in [-0.25, -0.2) is 4.79 Å². The van der Waals surface area contributed by atoms with Crippen molar-refractivity contribution in [1.82, 2.24) is 5.32 Å². The Bertz CT molecular complexity index is 523. The van der Waals surface area contributed by atoms with E-state index in [1.807, 2.05) is 20.8 Å². The van der Waals surface area contributed by atoms with Gasteiger partial charge in [0.15, 0.2) is 0 Å². The number of aromatic hydroxyl groups is 1. The zero-order chi connectivity index (χ0) is 16.2. The third kappa shape index (κ3) is 4.98. The van der Waals surface area contributed by atoms with Gasteiger partial charge in [0.05, 0.1) is 6.42 Å². The first-order chi connectivity index (χ1) is 9.61. The molecule has 0 bridgehead atoms. The highest BCUT2D eigenvalue weighted by Gasteiger charge is 2.29. The van der Waals surface area contributed by atoms with Crippen molar-refractivity contribution in [3.63, 3.8) is 0 Å². The summed E-state index contributed by atoms with van der Waals surface area (Å²) in [6.45, 7) is 5.61. The Labute approximate surface area is 124 Å². The quantitative estimate of drug-likeness (QED) is 0.795. The Kier molecular flexibility index (Phi) is 5.18. The monoisotopic (exact) mass is 294 g/mol. The Morgan fingerprint density at radius 2 is 1.95 bits per heavy atom. The topological polar surface area (TPSA) is 89.9 Å². The summed E-state index contributed by atoms with van der Waals surface area (Å²) < 4.78 is 0. The first-order valence-electron chi connectivity index (χ1n) is 6.66. The van der Waals surface area contributed by atoms with Gasteiger partial charge in [0.2, 0.25) is 0 Å². The molecule has 0 aliphatic rings. The van der Waals surface area contributed by atoms with E-state index in [1.165, 1.54) is 17.0 Å². The van der Waals surface area contributed by atoms with Crippen molar-refractivity contribution >= 4 is 17.7 Å². The molecule has 1 rings (SSSR count). The first kappa shape index (κ1) is 16.8. The number of aliphatic carboxylic acids is 1. The zero-order valence-corrected chi connectivity index (χ0v) is 12.8. The standard InChI is InChI=1S/C15H22N2O4/c1-15(2,3)12(9-13(19)20)16-14(21)17(4)10-6-5-7-11(18)8-10/h5-8,12,18H,9H2,1-4H3,(H,16,21)(H,19,20). The molecule has 0 radical (unpaired) electrons. The molecular weight excluding hydrogens is 272 g/mol. The second-order valence-electron chi connectivity index (χ2n) is 6.04. The van der Waals surface area contributed by atoms with Crippen LogP contribution in [0.2, 0.25) is 0 Å². The van der Waals surface area contributed by atoms with E-state index in [9.17, 15) is 14.7 Å². The maximum atomic E-state index is 12.2. The van der Waals surface area contributed by atoms with Crippen LogP contribution in [0.1, 0.15) is 27.2 Å². The van der Waals surface area contributed by atoms with Crippen molar-refractivity contribution in [3.8, 4) is 5.75 Å². The predicted octanol–water partition coefficient (Wildman–Crippen LogP) is 2.43. The number of phenolic OH excluding ortho intramolecular Hbond substituents is 1. The van der Waals surface area contributed by atoms with Gasteiger partial charge in [-0.05, 0) is 17.5 Å². The predicted molar refractivity (Wildman–Crippen MR) is 80.5 cm³/mol. The summed E-state index contributed by atoms with van der Waals surface area (Å²) in [6.07, 6.45) is -0.150. The van der Waals surface area contributed by atoms with Crippen LogP contribution in [0.5, 0.6) is 5.75 Å². The van der Waals surface area contributed by atoms with Crippen molar-refractivity contribution in [2.24, 2.45) is 5.41 Å². The van der Waals surface area contributed by atoms with E-state index in [1.54, 1.807) is 19.2 Å². The van der Waals surface area contributed by atoms with Gasteiger partial charge in [-0.15, -0.1) is 0 Å². The molecule has 0 aliphatic carbocycles. The minimum Gasteiger partial charge on any atom is -0.508 e. The number of urea groups is 1. The van der Waals surface area contributed by atoms with Crippen molar-refractivity contribution < 1.29 is 19.8 Å². The van der Waals surface area contributed by atoms with E-state index in [-0.39, 0.29) is 17.6 Å². The molecule has 6 heteroatoms. The van der Waals surface area contributed by atoms with Crippen molar-refractivity contribution in [1.29, 1.82) is 0 Å². The first-order valence-corrected chi connectivity index (χ1v) is 6.66. The molecule has 2 amide bonds. The fourth-order valence-corrected chi connectivity index (χ4v) is 1.81. The highest BCUT2D eigenvalue weighted by molar-refractivity contribution is 5.92. The van der Waals surface area contributed by atoms with Crippen LogP contribution in [-0.4, -0.2) is 35.3 Å². The zero-order valence-electron chi connectivity index (χ0n) is 12.8. The van der Waals surface area contributed by atoms with Crippen LogP contribution in [0.15, 0.2) is 24.3 Å². The summed E-state index contributed by atoms with van der Waals surface area (Å²) in [5, 5.41) is 21.1. The molecule has 0 heterocycles. The average molecular weight is 294 g/mol. The molecule has 1 aromatic rings. The number of amides is 2. The molecule has 21 heavy (non-hydrogen) atoms. The summed E-state index contributed by atoms with van der Waals surface area (Å²) >= 11 is 0. The van der Waals surface area contributed by atoms with E-state index in [0.717, 1.165) is 0 Å². The van der Waals surface area contributed by atoms with Crippen LogP contribution in [0.4, 0.5) is 10.5 Å². The van der Waals surface area contributed by atoms with Crippen LogP contribution in [-0.2, 0) is 4.79 Å². The number of rotatable bonds is 4. The van der Waals surface area contributed by atoms with Crippen LogP contribution in [0, 0.1) is 5.41 Å². The number of nitrogens with one attached hydrogen (secondary N) is 1. The van der Waals surface area contributed by atoms with Crippen molar-refractivity contribution in [2.45, 2.75) is 33.2 Å². The lowest BCUT2D eigenvalue weighted by Gasteiger charge is -2.32. The Balaban J connectivity index is 2.84. The fourth-order valence-electron chi connectivity index (χ4n) is 1.81. The molecule has 0 fully saturated rings. The number of hydrogen-bond acceptors (Lipinski definition) is 3. The lowest BCUT2D eigenvalue weighted by molar-refractivity contribution is -0.138. The molecular formula is C15H22N2O4. The van der Waals surface area contributed by atoms with Crippen LogP contribution >= 0.6 is 0 Å². The Hall–Kier alpha value is -2.24. The summed E-state index contributed by atoms with van der Waals surface area (Å²) in [5.74, 6) is -0.903. The maximum Gasteiger partial charge on any atom is 0.321 e. The molecule has 0 saturated heterocycles. The minimum absolute atomic E-state index is 0.0602. The average Bonchev–Trinajstić information content (AvgIpc) is 2.35. The molecule has 1 unspecified atom stereocenters. The number of carboxylic acids is 1. The highest BCUT2D eigenvalue weighted by atomic mass is 16.4. The summed E-state index contributed by atoms with van der Waals surface area (Å²) in [7, 11) is 1.56. The molecule has 3 N–H and O–H groups in total. The second-order valence-corrected chi connectivity index (χ2v) is 6.04. The number of hydrogen-bond donors (Lipinski definition) is 3. The molecule has 116 valence electrons. The van der Waals surface area contributed by atoms with Crippen molar-refractivity contribution in [3.05, 3.63) is 24.3 Å². The third-order valence-electron chi connectivity index (χ3n) is 3.24. The normalized spacial score (nSPS) is 12.6. The van der Waals surface area contributed by atoms with E-state index < -0.39 is 18.0 Å². The molecule has 0 aliphatic heterocycles.